The predicted octanol–water partition coefficient (Wildman–Crippen LogP) is 3.98. The summed E-state index contributed by atoms with van der Waals surface area (Å²) in [5.74, 6) is 3.25. The molecule has 3 nitrogen and oxygen atoms in total. The second-order valence-electron chi connectivity index (χ2n) is 6.95. The molecule has 0 spiro atoms. The van der Waals surface area contributed by atoms with Gasteiger partial charge in [0.05, 0.1) is 6.04 Å². The average molecular weight is 277 g/mol. The Hall–Kier alpha value is -0.830. The van der Waals surface area contributed by atoms with Crippen LogP contribution in [0.1, 0.15) is 71.7 Å². The number of hydrogen-bond donors (Lipinski definition) is 1. The lowest BCUT2D eigenvalue weighted by atomic mass is 9.76. The van der Waals surface area contributed by atoms with Crippen molar-refractivity contribution in [1.82, 2.24) is 14.9 Å². The summed E-state index contributed by atoms with van der Waals surface area (Å²) in [4.78, 5) is 4.59. The molecule has 1 aromatic heterocycles. The SMILES string of the molecule is CCCNC1CC(C)CC(C)C1n1ccnc1C(C)C. The van der Waals surface area contributed by atoms with Crippen molar-refractivity contribution in [2.75, 3.05) is 6.54 Å². The number of hydrogen-bond acceptors (Lipinski definition) is 2. The highest BCUT2D eigenvalue weighted by molar-refractivity contribution is 5.04. The van der Waals surface area contributed by atoms with Crippen molar-refractivity contribution in [1.29, 1.82) is 0 Å². The maximum Gasteiger partial charge on any atom is 0.111 e. The molecule has 0 aromatic carbocycles. The first-order valence-corrected chi connectivity index (χ1v) is 8.30. The van der Waals surface area contributed by atoms with E-state index in [4.69, 9.17) is 0 Å². The van der Waals surface area contributed by atoms with Gasteiger partial charge in [0.1, 0.15) is 5.82 Å². The predicted molar refractivity (Wildman–Crippen MR) is 85.0 cm³/mol. The summed E-state index contributed by atoms with van der Waals surface area (Å²) in [6.45, 7) is 12.6. The smallest absolute Gasteiger partial charge is 0.111 e. The number of rotatable bonds is 5. The topological polar surface area (TPSA) is 29.9 Å². The Labute approximate surface area is 124 Å². The van der Waals surface area contributed by atoms with Crippen LogP contribution >= 0.6 is 0 Å². The first-order valence-electron chi connectivity index (χ1n) is 8.30. The zero-order valence-corrected chi connectivity index (χ0v) is 13.8. The molecular formula is C17H31N3. The average Bonchev–Trinajstić information content (AvgIpc) is 2.84. The van der Waals surface area contributed by atoms with E-state index in [1.54, 1.807) is 0 Å². The molecule has 4 atom stereocenters. The first-order chi connectivity index (χ1) is 9.54. The molecule has 0 saturated heterocycles. The van der Waals surface area contributed by atoms with Gasteiger partial charge < -0.3 is 9.88 Å². The van der Waals surface area contributed by atoms with Crippen LogP contribution in [0.5, 0.6) is 0 Å². The second kappa shape index (κ2) is 6.75. The summed E-state index contributed by atoms with van der Waals surface area (Å²) in [5, 5.41) is 3.79. The van der Waals surface area contributed by atoms with Gasteiger partial charge in [-0.1, -0.05) is 34.6 Å². The summed E-state index contributed by atoms with van der Waals surface area (Å²) in [5.41, 5.74) is 0. The third kappa shape index (κ3) is 3.25. The van der Waals surface area contributed by atoms with Crippen molar-refractivity contribution < 1.29 is 0 Å². The van der Waals surface area contributed by atoms with E-state index in [1.807, 2.05) is 6.20 Å². The molecule has 1 aromatic rings. The summed E-state index contributed by atoms with van der Waals surface area (Å²) in [6.07, 6.45) is 7.96. The first kappa shape index (κ1) is 15.6. The normalized spacial score (nSPS) is 30.9. The van der Waals surface area contributed by atoms with E-state index in [2.05, 4.69) is 55.7 Å². The molecule has 1 N–H and O–H groups in total. The van der Waals surface area contributed by atoms with E-state index in [0.29, 0.717) is 23.9 Å². The van der Waals surface area contributed by atoms with Gasteiger partial charge in [-0.3, -0.25) is 0 Å². The highest BCUT2D eigenvalue weighted by Gasteiger charge is 2.35. The van der Waals surface area contributed by atoms with Crippen LogP contribution in [0.15, 0.2) is 12.4 Å². The van der Waals surface area contributed by atoms with E-state index in [1.165, 1.54) is 25.1 Å². The van der Waals surface area contributed by atoms with E-state index in [0.717, 1.165) is 12.5 Å². The van der Waals surface area contributed by atoms with Gasteiger partial charge in [-0.05, 0) is 37.6 Å². The molecule has 2 rings (SSSR count). The minimum absolute atomic E-state index is 0.489. The third-order valence-corrected chi connectivity index (χ3v) is 4.62. The lowest BCUT2D eigenvalue weighted by molar-refractivity contribution is 0.150. The molecule has 0 amide bonds. The fraction of sp³-hybridized carbons (Fsp3) is 0.824. The van der Waals surface area contributed by atoms with Crippen LogP contribution in [0, 0.1) is 11.8 Å². The summed E-state index contributed by atoms with van der Waals surface area (Å²) in [7, 11) is 0. The third-order valence-electron chi connectivity index (χ3n) is 4.62. The van der Waals surface area contributed by atoms with E-state index < -0.39 is 0 Å². The zero-order valence-electron chi connectivity index (χ0n) is 13.8. The lowest BCUT2D eigenvalue weighted by Crippen LogP contribution is -2.46. The summed E-state index contributed by atoms with van der Waals surface area (Å²) >= 11 is 0. The molecular weight excluding hydrogens is 246 g/mol. The van der Waals surface area contributed by atoms with Crippen molar-refractivity contribution >= 4 is 0 Å². The van der Waals surface area contributed by atoms with Crippen LogP contribution in [0.2, 0.25) is 0 Å². The highest BCUT2D eigenvalue weighted by atomic mass is 15.1. The largest absolute Gasteiger partial charge is 0.330 e. The maximum atomic E-state index is 4.59. The highest BCUT2D eigenvalue weighted by Crippen LogP contribution is 2.38. The van der Waals surface area contributed by atoms with Gasteiger partial charge in [0.2, 0.25) is 0 Å². The van der Waals surface area contributed by atoms with Crippen LogP contribution in [0.3, 0.4) is 0 Å². The molecule has 3 heteroatoms. The van der Waals surface area contributed by atoms with Crippen LogP contribution in [0.4, 0.5) is 0 Å². The maximum absolute atomic E-state index is 4.59. The molecule has 1 aliphatic carbocycles. The number of nitrogens with zero attached hydrogens (tertiary/aromatic N) is 2. The van der Waals surface area contributed by atoms with E-state index in [9.17, 15) is 0 Å². The van der Waals surface area contributed by atoms with Gasteiger partial charge in [0.25, 0.3) is 0 Å². The van der Waals surface area contributed by atoms with Crippen molar-refractivity contribution in [2.45, 2.75) is 71.9 Å². The van der Waals surface area contributed by atoms with Gasteiger partial charge in [-0.2, -0.15) is 0 Å². The minimum atomic E-state index is 0.489. The van der Waals surface area contributed by atoms with Crippen molar-refractivity contribution in [3.8, 4) is 0 Å². The van der Waals surface area contributed by atoms with Crippen molar-refractivity contribution in [2.24, 2.45) is 11.8 Å². The summed E-state index contributed by atoms with van der Waals surface area (Å²) < 4.78 is 2.45. The van der Waals surface area contributed by atoms with Crippen LogP contribution in [0.25, 0.3) is 0 Å². The molecule has 0 bridgehead atoms. The molecule has 4 unspecified atom stereocenters. The Morgan fingerprint density at radius 1 is 1.35 bits per heavy atom. The Balaban J connectivity index is 2.26. The Morgan fingerprint density at radius 2 is 2.10 bits per heavy atom. The molecule has 1 aliphatic rings. The molecule has 1 heterocycles. The van der Waals surface area contributed by atoms with Gasteiger partial charge >= 0.3 is 0 Å². The Morgan fingerprint density at radius 3 is 2.75 bits per heavy atom. The van der Waals surface area contributed by atoms with Crippen LogP contribution in [-0.2, 0) is 0 Å². The number of aromatic nitrogens is 2. The Kier molecular flexibility index (Phi) is 5.25. The standard InChI is InChI=1S/C17H31N3/c1-6-7-18-15-11-13(4)10-14(5)16(15)20-9-8-19-17(20)12(2)3/h8-9,12-16,18H,6-7,10-11H2,1-5H3. The Bertz CT molecular complexity index is 410. The molecule has 114 valence electrons. The number of imidazole rings is 1. The fourth-order valence-corrected chi connectivity index (χ4v) is 3.87. The second-order valence-corrected chi connectivity index (χ2v) is 6.95. The van der Waals surface area contributed by atoms with Gasteiger partial charge in [0, 0.05) is 24.4 Å². The van der Waals surface area contributed by atoms with Crippen molar-refractivity contribution in [3.63, 3.8) is 0 Å². The lowest BCUT2D eigenvalue weighted by Gasteiger charge is -2.41. The van der Waals surface area contributed by atoms with E-state index in [-0.39, 0.29) is 0 Å². The molecule has 1 fully saturated rings. The zero-order chi connectivity index (χ0) is 14.7. The monoisotopic (exact) mass is 277 g/mol. The van der Waals surface area contributed by atoms with Gasteiger partial charge in [-0.15, -0.1) is 0 Å². The van der Waals surface area contributed by atoms with Crippen LogP contribution in [-0.4, -0.2) is 22.1 Å². The minimum Gasteiger partial charge on any atom is -0.330 e. The molecule has 20 heavy (non-hydrogen) atoms. The fourth-order valence-electron chi connectivity index (χ4n) is 3.87. The molecule has 1 saturated carbocycles. The van der Waals surface area contributed by atoms with Gasteiger partial charge in [0.15, 0.2) is 0 Å². The van der Waals surface area contributed by atoms with Crippen molar-refractivity contribution in [3.05, 3.63) is 18.2 Å². The quantitative estimate of drug-likeness (QED) is 0.882. The summed E-state index contributed by atoms with van der Waals surface area (Å²) in [6, 6.07) is 1.14. The molecule has 0 aliphatic heterocycles. The molecule has 0 radical (unpaired) electrons. The van der Waals surface area contributed by atoms with Gasteiger partial charge in [-0.25, -0.2) is 4.98 Å². The van der Waals surface area contributed by atoms with Crippen LogP contribution < -0.4 is 5.32 Å². The number of nitrogens with one attached hydrogen (secondary N) is 1. The van der Waals surface area contributed by atoms with E-state index >= 15 is 0 Å².